The zero-order valence-corrected chi connectivity index (χ0v) is 14.4. The van der Waals surface area contributed by atoms with Gasteiger partial charge in [-0.3, -0.25) is 24.7 Å². The smallest absolute Gasteiger partial charge is 0.158 e. The minimum absolute atomic E-state index is 0.0634. The number of nitrogens with zero attached hydrogens (tertiary/aromatic N) is 6. The summed E-state index contributed by atoms with van der Waals surface area (Å²) in [6.07, 6.45) is 13.9. The number of aromatic nitrogens is 6. The highest BCUT2D eigenvalue weighted by atomic mass is 16.1. The second-order valence-corrected chi connectivity index (χ2v) is 6.01. The molecule has 0 aliphatic rings. The lowest BCUT2D eigenvalue weighted by Crippen LogP contribution is -2.12. The lowest BCUT2D eigenvalue weighted by atomic mass is 10.1. The van der Waals surface area contributed by atoms with Crippen LogP contribution in [0.5, 0.6) is 0 Å². The van der Waals surface area contributed by atoms with Gasteiger partial charge in [-0.05, 0) is 24.3 Å². The highest BCUT2D eigenvalue weighted by Gasteiger charge is 2.09. The molecule has 4 rings (SSSR count). The van der Waals surface area contributed by atoms with Crippen molar-refractivity contribution in [3.05, 3.63) is 79.7 Å². The third kappa shape index (κ3) is 4.09. The fraction of sp³-hybridized carbons (Fsp3) is 0.100. The Labute approximate surface area is 155 Å². The predicted molar refractivity (Wildman–Crippen MR) is 99.4 cm³/mol. The molecule has 0 atom stereocenters. The minimum Gasteiger partial charge on any atom is -0.329 e. The van der Waals surface area contributed by atoms with Crippen LogP contribution in [-0.2, 0) is 17.8 Å². The van der Waals surface area contributed by atoms with Crippen LogP contribution in [-0.4, -0.2) is 35.3 Å². The quantitative estimate of drug-likeness (QED) is 0.528. The van der Waals surface area contributed by atoms with Crippen LogP contribution in [0.4, 0.5) is 0 Å². The fourth-order valence-electron chi connectivity index (χ4n) is 2.71. The molecule has 4 aromatic heterocycles. The van der Waals surface area contributed by atoms with Gasteiger partial charge in [0, 0.05) is 54.0 Å². The van der Waals surface area contributed by atoms with Crippen molar-refractivity contribution in [2.45, 2.75) is 13.0 Å². The van der Waals surface area contributed by atoms with Gasteiger partial charge in [0.15, 0.2) is 5.78 Å². The van der Waals surface area contributed by atoms with Crippen molar-refractivity contribution >= 4 is 5.78 Å². The molecule has 4 aromatic rings. The van der Waals surface area contributed by atoms with Crippen LogP contribution in [0.25, 0.3) is 22.5 Å². The Bertz CT molecular complexity index is 1030. The van der Waals surface area contributed by atoms with Crippen LogP contribution < -0.4 is 0 Å². The number of pyridine rings is 2. The van der Waals surface area contributed by atoms with Crippen molar-refractivity contribution < 1.29 is 4.79 Å². The van der Waals surface area contributed by atoms with Crippen LogP contribution >= 0.6 is 0 Å². The molecule has 0 bridgehead atoms. The van der Waals surface area contributed by atoms with E-state index in [1.807, 2.05) is 30.5 Å². The van der Waals surface area contributed by atoms with Crippen LogP contribution in [0.3, 0.4) is 0 Å². The van der Waals surface area contributed by atoms with E-state index >= 15 is 0 Å². The Morgan fingerprint density at radius 2 is 1.70 bits per heavy atom. The minimum atomic E-state index is 0.0634. The number of ketones is 1. The van der Waals surface area contributed by atoms with Gasteiger partial charge in [-0.25, -0.2) is 4.98 Å². The van der Waals surface area contributed by atoms with Gasteiger partial charge >= 0.3 is 0 Å². The van der Waals surface area contributed by atoms with Gasteiger partial charge in [-0.2, -0.15) is 0 Å². The Kier molecular flexibility index (Phi) is 4.74. The molecule has 0 aromatic carbocycles. The molecule has 27 heavy (non-hydrogen) atoms. The van der Waals surface area contributed by atoms with E-state index < -0.39 is 0 Å². The van der Waals surface area contributed by atoms with E-state index in [0.717, 1.165) is 28.2 Å². The van der Waals surface area contributed by atoms with Crippen molar-refractivity contribution in [2.75, 3.05) is 0 Å². The molecule has 0 fully saturated rings. The SMILES string of the molecule is O=C(Cc1ccc(-c2cnccn2)cn1)Cn1cnc(-c2ccncc2)c1. The number of Topliss-reactive ketones (excluding diaryl/α,β-unsaturated/α-hetero) is 1. The predicted octanol–water partition coefficient (Wildman–Crippen LogP) is 2.61. The van der Waals surface area contributed by atoms with Crippen molar-refractivity contribution in [3.8, 4) is 22.5 Å². The molecule has 0 N–H and O–H groups in total. The van der Waals surface area contributed by atoms with Gasteiger partial charge in [0.25, 0.3) is 0 Å². The Morgan fingerprint density at radius 3 is 2.44 bits per heavy atom. The maximum absolute atomic E-state index is 12.4. The maximum atomic E-state index is 12.4. The van der Waals surface area contributed by atoms with Gasteiger partial charge in [0.2, 0.25) is 0 Å². The number of hydrogen-bond acceptors (Lipinski definition) is 6. The first-order valence-electron chi connectivity index (χ1n) is 8.43. The lowest BCUT2D eigenvalue weighted by Gasteiger charge is -2.04. The first-order chi connectivity index (χ1) is 13.3. The first-order valence-corrected chi connectivity index (χ1v) is 8.43. The largest absolute Gasteiger partial charge is 0.329 e. The summed E-state index contributed by atoms with van der Waals surface area (Å²) in [4.78, 5) is 33.4. The van der Waals surface area contributed by atoms with E-state index in [0.29, 0.717) is 0 Å². The molecular weight excluding hydrogens is 340 g/mol. The van der Waals surface area contributed by atoms with E-state index in [9.17, 15) is 4.79 Å². The van der Waals surface area contributed by atoms with Crippen LogP contribution in [0.15, 0.2) is 74.0 Å². The van der Waals surface area contributed by atoms with Gasteiger partial charge in [-0.15, -0.1) is 0 Å². The summed E-state index contributed by atoms with van der Waals surface area (Å²) in [5, 5.41) is 0. The molecule has 0 radical (unpaired) electrons. The van der Waals surface area contributed by atoms with E-state index in [1.165, 1.54) is 0 Å². The van der Waals surface area contributed by atoms with Crippen molar-refractivity contribution in [3.63, 3.8) is 0 Å². The summed E-state index contributed by atoms with van der Waals surface area (Å²) in [7, 11) is 0. The van der Waals surface area contributed by atoms with Crippen molar-refractivity contribution in [1.82, 2.24) is 29.5 Å². The third-order valence-electron chi connectivity index (χ3n) is 4.03. The molecule has 0 saturated carbocycles. The highest BCUT2D eigenvalue weighted by molar-refractivity contribution is 5.80. The number of hydrogen-bond donors (Lipinski definition) is 0. The van der Waals surface area contributed by atoms with Gasteiger partial charge < -0.3 is 4.57 Å². The molecule has 0 spiro atoms. The molecular formula is C20H16N6O. The van der Waals surface area contributed by atoms with Crippen LogP contribution in [0.1, 0.15) is 5.69 Å². The molecule has 7 nitrogen and oxygen atoms in total. The highest BCUT2D eigenvalue weighted by Crippen LogP contribution is 2.16. The summed E-state index contributed by atoms with van der Waals surface area (Å²) in [6.45, 7) is 0.256. The average molecular weight is 356 g/mol. The molecule has 0 aliphatic heterocycles. The molecule has 132 valence electrons. The molecule has 0 aliphatic carbocycles. The number of rotatable bonds is 6. The number of carbonyl (C=O) groups is 1. The monoisotopic (exact) mass is 356 g/mol. The maximum Gasteiger partial charge on any atom is 0.158 e. The average Bonchev–Trinajstić information content (AvgIpc) is 3.18. The van der Waals surface area contributed by atoms with Gasteiger partial charge in [0.1, 0.15) is 0 Å². The zero-order chi connectivity index (χ0) is 18.5. The van der Waals surface area contributed by atoms with Crippen LogP contribution in [0.2, 0.25) is 0 Å². The van der Waals surface area contributed by atoms with Gasteiger partial charge in [-0.1, -0.05) is 0 Å². The Balaban J connectivity index is 1.39. The summed E-state index contributed by atoms with van der Waals surface area (Å²) >= 11 is 0. The normalized spacial score (nSPS) is 10.7. The van der Waals surface area contributed by atoms with Crippen molar-refractivity contribution in [2.24, 2.45) is 0 Å². The summed E-state index contributed by atoms with van der Waals surface area (Å²) < 4.78 is 1.78. The third-order valence-corrected chi connectivity index (χ3v) is 4.03. The second kappa shape index (κ2) is 7.65. The summed E-state index contributed by atoms with van der Waals surface area (Å²) in [5.74, 6) is 0.0634. The van der Waals surface area contributed by atoms with E-state index in [-0.39, 0.29) is 18.7 Å². The fourth-order valence-corrected chi connectivity index (χ4v) is 2.71. The van der Waals surface area contributed by atoms with E-state index in [4.69, 9.17) is 0 Å². The van der Waals surface area contributed by atoms with E-state index in [1.54, 1.807) is 48.1 Å². The molecule has 0 amide bonds. The molecule has 4 heterocycles. The summed E-state index contributed by atoms with van der Waals surface area (Å²) in [5.41, 5.74) is 4.14. The van der Waals surface area contributed by atoms with E-state index in [2.05, 4.69) is 24.9 Å². The molecule has 0 unspecified atom stereocenters. The zero-order valence-electron chi connectivity index (χ0n) is 14.4. The summed E-state index contributed by atoms with van der Waals surface area (Å²) in [6, 6.07) is 7.52. The Hall–Kier alpha value is -3.74. The standard InChI is InChI=1S/C20H16N6O/c27-18(12-26-13-20(25-14-26)15-3-5-21-6-4-15)9-17-2-1-16(10-24-17)19-11-22-7-8-23-19/h1-8,10-11,13-14H,9,12H2. The first kappa shape index (κ1) is 16.7. The lowest BCUT2D eigenvalue weighted by molar-refractivity contribution is -0.119. The topological polar surface area (TPSA) is 86.5 Å². The number of carbonyl (C=O) groups excluding carboxylic acids is 1. The van der Waals surface area contributed by atoms with Crippen LogP contribution in [0, 0.1) is 0 Å². The molecule has 7 heteroatoms. The van der Waals surface area contributed by atoms with Gasteiger partial charge in [0.05, 0.1) is 36.9 Å². The van der Waals surface area contributed by atoms with Crippen molar-refractivity contribution in [1.29, 1.82) is 0 Å². The Morgan fingerprint density at radius 1 is 0.815 bits per heavy atom. The number of imidazole rings is 1. The second-order valence-electron chi connectivity index (χ2n) is 6.01. The molecule has 0 saturated heterocycles.